The number of anilines is 3. The van der Waals surface area contributed by atoms with Crippen LogP contribution in [-0.2, 0) is 4.79 Å². The van der Waals surface area contributed by atoms with Gasteiger partial charge >= 0.3 is 0 Å². The van der Waals surface area contributed by atoms with Crippen molar-refractivity contribution in [1.82, 2.24) is 19.3 Å². The molecular weight excluding hydrogens is 424 g/mol. The molecule has 4 rings (SSSR count). The van der Waals surface area contributed by atoms with E-state index in [-0.39, 0.29) is 5.91 Å². The number of fused-ring (bicyclic) bond motifs is 3. The molecule has 164 valence electrons. The molecule has 1 N–H and O–H groups in total. The maximum Gasteiger partial charge on any atom is 0.250 e. The van der Waals surface area contributed by atoms with Gasteiger partial charge in [-0.1, -0.05) is 23.7 Å². The van der Waals surface area contributed by atoms with Gasteiger partial charge in [0.1, 0.15) is 5.52 Å². The van der Waals surface area contributed by atoms with Crippen LogP contribution in [0.3, 0.4) is 0 Å². The Kier molecular flexibility index (Phi) is 6.12. The normalized spacial score (nSPS) is 11.7. The highest BCUT2D eigenvalue weighted by Gasteiger charge is 2.14. The molecule has 1 amide bonds. The minimum Gasteiger partial charge on any atom is -0.338 e. The van der Waals surface area contributed by atoms with Crippen LogP contribution in [0.2, 0.25) is 5.02 Å². The zero-order valence-electron chi connectivity index (χ0n) is 18.5. The van der Waals surface area contributed by atoms with Crippen molar-refractivity contribution in [2.45, 2.75) is 6.92 Å². The fraction of sp³-hybridized carbons (Fsp3) is 0.208. The smallest absolute Gasteiger partial charge is 0.250 e. The monoisotopic (exact) mass is 448 g/mol. The van der Waals surface area contributed by atoms with E-state index in [1.54, 1.807) is 30.5 Å². The third kappa shape index (κ3) is 4.30. The zero-order chi connectivity index (χ0) is 22.8. The van der Waals surface area contributed by atoms with E-state index in [9.17, 15) is 4.79 Å². The van der Waals surface area contributed by atoms with Crippen molar-refractivity contribution in [1.29, 1.82) is 0 Å². The van der Waals surface area contributed by atoms with Crippen LogP contribution >= 0.6 is 11.6 Å². The highest BCUT2D eigenvalue weighted by molar-refractivity contribution is 6.31. The van der Waals surface area contributed by atoms with Crippen LogP contribution in [0.4, 0.5) is 17.2 Å². The Morgan fingerprint density at radius 1 is 1.19 bits per heavy atom. The quantitative estimate of drug-likeness (QED) is 0.434. The number of halogens is 1. The van der Waals surface area contributed by atoms with Gasteiger partial charge in [-0.05, 0) is 56.9 Å². The van der Waals surface area contributed by atoms with E-state index in [4.69, 9.17) is 16.6 Å². The Balaban J connectivity index is 1.71. The first kappa shape index (κ1) is 21.8. The lowest BCUT2D eigenvalue weighted by Crippen LogP contribution is -2.24. The second kappa shape index (κ2) is 8.98. The molecule has 0 bridgehead atoms. The third-order valence-electron chi connectivity index (χ3n) is 5.30. The van der Waals surface area contributed by atoms with Gasteiger partial charge in [-0.25, -0.2) is 9.97 Å². The molecule has 0 saturated carbocycles. The maximum absolute atomic E-state index is 12.6. The topological polar surface area (TPSA) is 65.8 Å². The SMILES string of the molecule is Cc1c(Cl)cccc1Nc1nc2ccc(N(C)C(=O)/C=C/CN(C)C)cc2n2cncc12. The molecule has 0 aliphatic heterocycles. The minimum absolute atomic E-state index is 0.0873. The molecule has 0 fully saturated rings. The molecule has 8 heteroatoms. The minimum atomic E-state index is -0.0873. The first-order valence-corrected chi connectivity index (χ1v) is 10.6. The van der Waals surface area contributed by atoms with Gasteiger partial charge in [0.05, 0.1) is 23.6 Å². The Morgan fingerprint density at radius 2 is 2.00 bits per heavy atom. The van der Waals surface area contributed by atoms with Crippen LogP contribution in [-0.4, -0.2) is 52.9 Å². The van der Waals surface area contributed by atoms with Gasteiger partial charge < -0.3 is 15.1 Å². The predicted octanol–water partition coefficient (Wildman–Crippen LogP) is 4.67. The summed E-state index contributed by atoms with van der Waals surface area (Å²) in [5, 5.41) is 4.08. The number of nitrogens with one attached hydrogen (secondary N) is 1. The molecule has 0 spiro atoms. The van der Waals surface area contributed by atoms with E-state index in [0.717, 1.165) is 33.5 Å². The average Bonchev–Trinajstić information content (AvgIpc) is 3.26. The largest absolute Gasteiger partial charge is 0.338 e. The molecule has 0 aliphatic carbocycles. The van der Waals surface area contributed by atoms with Crippen LogP contribution in [0.25, 0.3) is 16.6 Å². The van der Waals surface area contributed by atoms with E-state index in [1.165, 1.54) is 0 Å². The van der Waals surface area contributed by atoms with Crippen molar-refractivity contribution >= 4 is 51.3 Å². The number of likely N-dealkylation sites (N-methyl/N-ethyl adjacent to an activating group) is 2. The molecule has 4 aromatic rings. The highest BCUT2D eigenvalue weighted by atomic mass is 35.5. The fourth-order valence-electron chi connectivity index (χ4n) is 3.41. The average molecular weight is 449 g/mol. The fourth-order valence-corrected chi connectivity index (χ4v) is 3.59. The number of carbonyl (C=O) groups is 1. The van der Waals surface area contributed by atoms with E-state index in [1.807, 2.05) is 72.8 Å². The number of aromatic nitrogens is 3. The van der Waals surface area contributed by atoms with Crippen LogP contribution in [0.15, 0.2) is 61.1 Å². The molecular formula is C24H25ClN6O. The van der Waals surface area contributed by atoms with Gasteiger partial charge in [-0.15, -0.1) is 0 Å². The summed E-state index contributed by atoms with van der Waals surface area (Å²) in [6.45, 7) is 2.67. The van der Waals surface area contributed by atoms with Crippen molar-refractivity contribution in [2.24, 2.45) is 0 Å². The highest BCUT2D eigenvalue weighted by Crippen LogP contribution is 2.30. The standard InChI is InChI=1S/C24H25ClN6O/c1-16-18(25)7-5-8-19(16)27-24-22-14-26-15-31(22)21-13-17(10-11-20(21)28-24)30(4)23(32)9-6-12-29(2)3/h5-11,13-15H,12H2,1-4H3,(H,27,28)/b9-6+. The molecule has 0 saturated heterocycles. The van der Waals surface area contributed by atoms with Gasteiger partial charge in [0.25, 0.3) is 0 Å². The zero-order valence-corrected chi connectivity index (χ0v) is 19.3. The molecule has 0 aliphatic rings. The van der Waals surface area contributed by atoms with E-state index in [0.29, 0.717) is 17.4 Å². The Bertz CT molecular complexity index is 1330. The molecule has 2 aromatic carbocycles. The summed E-state index contributed by atoms with van der Waals surface area (Å²) in [4.78, 5) is 25.3. The van der Waals surface area contributed by atoms with Crippen molar-refractivity contribution in [3.8, 4) is 0 Å². The van der Waals surface area contributed by atoms with Crippen molar-refractivity contribution in [3.05, 3.63) is 71.7 Å². The van der Waals surface area contributed by atoms with Crippen molar-refractivity contribution < 1.29 is 4.79 Å². The molecule has 0 radical (unpaired) electrons. The molecule has 7 nitrogen and oxygen atoms in total. The second-order valence-corrected chi connectivity index (χ2v) is 8.29. The molecule has 2 aromatic heterocycles. The maximum atomic E-state index is 12.6. The summed E-state index contributed by atoms with van der Waals surface area (Å²) in [6.07, 6.45) is 6.96. The van der Waals surface area contributed by atoms with Gasteiger partial charge in [-0.2, -0.15) is 0 Å². The number of hydrogen-bond acceptors (Lipinski definition) is 5. The Morgan fingerprint density at radius 3 is 2.78 bits per heavy atom. The molecule has 0 unspecified atom stereocenters. The van der Waals surface area contributed by atoms with Crippen molar-refractivity contribution in [2.75, 3.05) is 37.9 Å². The van der Waals surface area contributed by atoms with Gasteiger partial charge in [-0.3, -0.25) is 9.20 Å². The Hall–Kier alpha value is -3.42. The Labute approximate surface area is 191 Å². The summed E-state index contributed by atoms with van der Waals surface area (Å²) in [6, 6.07) is 11.5. The summed E-state index contributed by atoms with van der Waals surface area (Å²) in [5.74, 6) is 0.597. The molecule has 0 atom stereocenters. The van der Waals surface area contributed by atoms with E-state index < -0.39 is 0 Å². The van der Waals surface area contributed by atoms with Gasteiger partial charge in [0.15, 0.2) is 5.82 Å². The number of rotatable bonds is 6. The summed E-state index contributed by atoms with van der Waals surface area (Å²) in [5.41, 5.74) is 5.09. The number of imidazole rings is 1. The second-order valence-electron chi connectivity index (χ2n) is 7.88. The first-order valence-electron chi connectivity index (χ1n) is 10.2. The number of nitrogens with zero attached hydrogens (tertiary/aromatic N) is 5. The lowest BCUT2D eigenvalue weighted by atomic mass is 10.2. The predicted molar refractivity (Wildman–Crippen MR) is 131 cm³/mol. The lowest BCUT2D eigenvalue weighted by molar-refractivity contribution is -0.113. The number of hydrogen-bond donors (Lipinski definition) is 1. The van der Waals surface area contributed by atoms with Gasteiger partial charge in [0.2, 0.25) is 5.91 Å². The van der Waals surface area contributed by atoms with Crippen LogP contribution < -0.4 is 10.2 Å². The van der Waals surface area contributed by atoms with Gasteiger partial charge in [0, 0.05) is 36.1 Å². The molecule has 2 heterocycles. The van der Waals surface area contributed by atoms with Crippen LogP contribution in [0.5, 0.6) is 0 Å². The van der Waals surface area contributed by atoms with Crippen LogP contribution in [0, 0.1) is 6.92 Å². The third-order valence-corrected chi connectivity index (χ3v) is 5.71. The summed E-state index contributed by atoms with van der Waals surface area (Å²) >= 11 is 6.27. The summed E-state index contributed by atoms with van der Waals surface area (Å²) in [7, 11) is 5.68. The van der Waals surface area contributed by atoms with E-state index >= 15 is 0 Å². The number of carbonyl (C=O) groups excluding carboxylic acids is 1. The van der Waals surface area contributed by atoms with Crippen molar-refractivity contribution in [3.63, 3.8) is 0 Å². The number of benzene rings is 2. The first-order chi connectivity index (χ1) is 15.3. The molecule has 32 heavy (non-hydrogen) atoms. The number of amides is 1. The van der Waals surface area contributed by atoms with Crippen LogP contribution in [0.1, 0.15) is 5.56 Å². The summed E-state index contributed by atoms with van der Waals surface area (Å²) < 4.78 is 1.97. The van der Waals surface area contributed by atoms with E-state index in [2.05, 4.69) is 10.3 Å². The lowest BCUT2D eigenvalue weighted by Gasteiger charge is -2.17.